The number of urea groups is 1. The molecule has 1 fully saturated rings. The van der Waals surface area contributed by atoms with Gasteiger partial charge in [-0.2, -0.15) is 4.98 Å². The second-order valence-electron chi connectivity index (χ2n) is 6.93. The third-order valence-corrected chi connectivity index (χ3v) is 4.70. The van der Waals surface area contributed by atoms with E-state index in [0.29, 0.717) is 11.6 Å². The lowest BCUT2D eigenvalue weighted by Crippen LogP contribution is -2.48. The third-order valence-electron chi connectivity index (χ3n) is 4.70. The van der Waals surface area contributed by atoms with Crippen LogP contribution in [0.1, 0.15) is 25.7 Å². The van der Waals surface area contributed by atoms with Crippen molar-refractivity contribution in [1.82, 2.24) is 20.1 Å². The molecule has 0 aliphatic heterocycles. The second-order valence-corrected chi connectivity index (χ2v) is 6.93. The molecular weight excluding hydrogens is 346 g/mol. The highest BCUT2D eigenvalue weighted by molar-refractivity contribution is 5.90. The zero-order chi connectivity index (χ0) is 19.4. The molecule has 1 aromatic carbocycles. The van der Waals surface area contributed by atoms with E-state index < -0.39 is 0 Å². The third kappa shape index (κ3) is 4.55. The Morgan fingerprint density at radius 1 is 1.26 bits per heavy atom. The Bertz CT molecular complexity index is 818. The van der Waals surface area contributed by atoms with Crippen molar-refractivity contribution in [3.05, 3.63) is 30.6 Å². The Hall–Kier alpha value is -3.10. The SMILES string of the molecule is CN(C)c1ncn(-c2cccc(NC(=O)NC3CCCCC3C(N)=O)c2)n1. The molecule has 9 heteroatoms. The topological polar surface area (TPSA) is 118 Å². The van der Waals surface area contributed by atoms with E-state index in [1.165, 1.54) is 0 Å². The van der Waals surface area contributed by atoms with Gasteiger partial charge in [0, 0.05) is 25.8 Å². The zero-order valence-corrected chi connectivity index (χ0v) is 15.6. The molecule has 1 aromatic heterocycles. The minimum absolute atomic E-state index is 0.225. The Morgan fingerprint density at radius 2 is 2.04 bits per heavy atom. The standard InChI is InChI=1S/C18H25N7O2/c1-24(2)17-20-11-25(23-17)13-7-5-6-12(10-13)21-18(27)22-15-9-4-3-8-14(15)16(19)26/h5-7,10-11,14-15H,3-4,8-9H2,1-2H3,(H2,19,26)(H2,21,22,27). The molecule has 3 amide bonds. The summed E-state index contributed by atoms with van der Waals surface area (Å²) in [6.07, 6.45) is 5.03. The molecule has 0 bridgehead atoms. The summed E-state index contributed by atoms with van der Waals surface area (Å²) in [5.41, 5.74) is 6.87. The first-order chi connectivity index (χ1) is 12.9. The zero-order valence-electron chi connectivity index (χ0n) is 15.6. The fraction of sp³-hybridized carbons (Fsp3) is 0.444. The fourth-order valence-corrected chi connectivity index (χ4v) is 3.29. The highest BCUT2D eigenvalue weighted by Gasteiger charge is 2.30. The molecule has 0 radical (unpaired) electrons. The molecule has 0 saturated heterocycles. The van der Waals surface area contributed by atoms with Gasteiger partial charge < -0.3 is 21.3 Å². The van der Waals surface area contributed by atoms with Crippen LogP contribution in [-0.4, -0.2) is 46.8 Å². The Labute approximate surface area is 157 Å². The van der Waals surface area contributed by atoms with Gasteiger partial charge in [-0.05, 0) is 31.0 Å². The number of nitrogens with zero attached hydrogens (tertiary/aromatic N) is 4. The molecule has 1 aliphatic carbocycles. The molecule has 2 unspecified atom stereocenters. The van der Waals surface area contributed by atoms with Crippen LogP contribution in [0, 0.1) is 5.92 Å². The van der Waals surface area contributed by atoms with Gasteiger partial charge in [-0.1, -0.05) is 18.9 Å². The molecule has 144 valence electrons. The maximum Gasteiger partial charge on any atom is 0.319 e. The Balaban J connectivity index is 1.66. The molecular formula is C18H25N7O2. The van der Waals surface area contributed by atoms with Gasteiger partial charge in [-0.25, -0.2) is 9.48 Å². The Morgan fingerprint density at radius 3 is 2.74 bits per heavy atom. The molecule has 1 aliphatic rings. The monoisotopic (exact) mass is 371 g/mol. The van der Waals surface area contributed by atoms with Gasteiger partial charge in [0.25, 0.3) is 0 Å². The van der Waals surface area contributed by atoms with E-state index in [-0.39, 0.29) is 23.9 Å². The van der Waals surface area contributed by atoms with Gasteiger partial charge in [-0.3, -0.25) is 4.79 Å². The van der Waals surface area contributed by atoms with Crippen molar-refractivity contribution < 1.29 is 9.59 Å². The number of hydrogen-bond donors (Lipinski definition) is 3. The molecule has 4 N–H and O–H groups in total. The Kier molecular flexibility index (Phi) is 5.58. The van der Waals surface area contributed by atoms with Crippen molar-refractivity contribution in [1.29, 1.82) is 0 Å². The highest BCUT2D eigenvalue weighted by atomic mass is 16.2. The van der Waals surface area contributed by atoms with E-state index in [9.17, 15) is 9.59 Å². The molecule has 1 heterocycles. The van der Waals surface area contributed by atoms with Crippen LogP contribution in [0.4, 0.5) is 16.4 Å². The molecule has 0 spiro atoms. The van der Waals surface area contributed by atoms with Crippen LogP contribution in [0.5, 0.6) is 0 Å². The smallest absolute Gasteiger partial charge is 0.319 e. The lowest BCUT2D eigenvalue weighted by Gasteiger charge is -2.29. The lowest BCUT2D eigenvalue weighted by atomic mass is 9.84. The van der Waals surface area contributed by atoms with Crippen molar-refractivity contribution in [3.63, 3.8) is 0 Å². The molecule has 9 nitrogen and oxygen atoms in total. The number of hydrogen-bond acceptors (Lipinski definition) is 5. The van der Waals surface area contributed by atoms with Crippen LogP contribution >= 0.6 is 0 Å². The van der Waals surface area contributed by atoms with Crippen molar-refractivity contribution in [2.24, 2.45) is 11.7 Å². The number of aromatic nitrogens is 3. The molecule has 3 rings (SSSR count). The number of carbonyl (C=O) groups excluding carboxylic acids is 2. The first-order valence-corrected chi connectivity index (χ1v) is 9.00. The summed E-state index contributed by atoms with van der Waals surface area (Å²) in [6.45, 7) is 0. The minimum atomic E-state index is -0.357. The maximum atomic E-state index is 12.4. The number of anilines is 2. The number of nitrogens with one attached hydrogen (secondary N) is 2. The highest BCUT2D eigenvalue weighted by Crippen LogP contribution is 2.24. The predicted octanol–water partition coefficient (Wildman–Crippen LogP) is 1.50. The van der Waals surface area contributed by atoms with Gasteiger partial charge in [0.2, 0.25) is 11.9 Å². The summed E-state index contributed by atoms with van der Waals surface area (Å²) in [4.78, 5) is 30.0. The van der Waals surface area contributed by atoms with E-state index in [2.05, 4.69) is 20.7 Å². The van der Waals surface area contributed by atoms with E-state index >= 15 is 0 Å². The first kappa shape index (κ1) is 18.7. The van der Waals surface area contributed by atoms with Crippen LogP contribution < -0.4 is 21.3 Å². The molecule has 27 heavy (non-hydrogen) atoms. The van der Waals surface area contributed by atoms with E-state index in [0.717, 1.165) is 31.4 Å². The van der Waals surface area contributed by atoms with Gasteiger partial charge >= 0.3 is 6.03 Å². The minimum Gasteiger partial charge on any atom is -0.369 e. The van der Waals surface area contributed by atoms with Gasteiger partial charge in [0.1, 0.15) is 6.33 Å². The quantitative estimate of drug-likeness (QED) is 0.736. The van der Waals surface area contributed by atoms with E-state index in [1.54, 1.807) is 23.1 Å². The number of amides is 3. The summed E-state index contributed by atoms with van der Waals surface area (Å²) in [7, 11) is 3.74. The molecule has 2 atom stereocenters. The summed E-state index contributed by atoms with van der Waals surface area (Å²) >= 11 is 0. The largest absolute Gasteiger partial charge is 0.369 e. The molecule has 2 aromatic rings. The summed E-state index contributed by atoms with van der Waals surface area (Å²) in [6, 6.07) is 6.73. The van der Waals surface area contributed by atoms with E-state index in [4.69, 9.17) is 5.73 Å². The van der Waals surface area contributed by atoms with Gasteiger partial charge in [-0.15, -0.1) is 5.10 Å². The van der Waals surface area contributed by atoms with Crippen molar-refractivity contribution in [2.45, 2.75) is 31.7 Å². The van der Waals surface area contributed by atoms with Gasteiger partial charge in [0.05, 0.1) is 11.6 Å². The number of primary amides is 1. The van der Waals surface area contributed by atoms with Crippen molar-refractivity contribution in [3.8, 4) is 5.69 Å². The number of carbonyl (C=O) groups is 2. The average Bonchev–Trinajstić information content (AvgIpc) is 3.12. The van der Waals surface area contributed by atoms with Gasteiger partial charge in [0.15, 0.2) is 0 Å². The average molecular weight is 371 g/mol. The van der Waals surface area contributed by atoms with Crippen LogP contribution in [-0.2, 0) is 4.79 Å². The maximum absolute atomic E-state index is 12.4. The number of nitrogens with two attached hydrogens (primary N) is 1. The van der Waals surface area contributed by atoms with Crippen molar-refractivity contribution >= 4 is 23.6 Å². The molecule has 1 saturated carbocycles. The summed E-state index contributed by atoms with van der Waals surface area (Å²) in [5.74, 6) is -0.0683. The van der Waals surface area contributed by atoms with Crippen LogP contribution in [0.25, 0.3) is 5.69 Å². The normalized spacial score (nSPS) is 19.3. The summed E-state index contributed by atoms with van der Waals surface area (Å²) < 4.78 is 1.64. The van der Waals surface area contributed by atoms with Crippen LogP contribution in [0.3, 0.4) is 0 Å². The number of rotatable bonds is 5. The lowest BCUT2D eigenvalue weighted by molar-refractivity contribution is -0.123. The predicted molar refractivity (Wildman–Crippen MR) is 103 cm³/mol. The van der Waals surface area contributed by atoms with Crippen molar-refractivity contribution in [2.75, 3.05) is 24.3 Å². The van der Waals surface area contributed by atoms with Crippen LogP contribution in [0.15, 0.2) is 30.6 Å². The second kappa shape index (κ2) is 8.07. The van der Waals surface area contributed by atoms with Crippen LogP contribution in [0.2, 0.25) is 0 Å². The fourth-order valence-electron chi connectivity index (χ4n) is 3.29. The van der Waals surface area contributed by atoms with E-state index in [1.807, 2.05) is 31.1 Å². The summed E-state index contributed by atoms with van der Waals surface area (Å²) in [5, 5.41) is 10.1. The first-order valence-electron chi connectivity index (χ1n) is 9.00. The number of benzene rings is 1.